The predicted octanol–water partition coefficient (Wildman–Crippen LogP) is 3.46. The minimum atomic E-state index is -3.48. The monoisotopic (exact) mass is 301 g/mol. The average Bonchev–Trinajstić information content (AvgIpc) is 2.41. The van der Waals surface area contributed by atoms with Crippen LogP contribution < -0.4 is 4.72 Å². The summed E-state index contributed by atoms with van der Waals surface area (Å²) in [5, 5.41) is 0. The van der Waals surface area contributed by atoms with Crippen LogP contribution in [-0.4, -0.2) is 15.0 Å². The molecule has 3 nitrogen and oxygen atoms in total. The van der Waals surface area contributed by atoms with Crippen LogP contribution >= 0.6 is 0 Å². The first kappa shape index (κ1) is 17.1. The van der Waals surface area contributed by atoms with Crippen LogP contribution in [0.5, 0.6) is 0 Å². The second-order valence-corrected chi connectivity index (χ2v) is 6.92. The molecule has 1 aromatic rings. The Balaban J connectivity index is 2.55. The van der Waals surface area contributed by atoms with Crippen LogP contribution in [0.4, 0.5) is 4.39 Å². The predicted molar refractivity (Wildman–Crippen MR) is 80.3 cm³/mol. The molecule has 0 unspecified atom stereocenters. The van der Waals surface area contributed by atoms with Gasteiger partial charge in [0, 0.05) is 12.1 Å². The van der Waals surface area contributed by atoms with Crippen molar-refractivity contribution in [3.8, 4) is 0 Å². The van der Waals surface area contributed by atoms with Gasteiger partial charge in [0.1, 0.15) is 5.82 Å². The van der Waals surface area contributed by atoms with E-state index in [9.17, 15) is 12.8 Å². The van der Waals surface area contributed by atoms with E-state index in [-0.39, 0.29) is 11.3 Å². The Morgan fingerprint density at radius 1 is 1.25 bits per heavy atom. The molecule has 0 radical (unpaired) electrons. The van der Waals surface area contributed by atoms with Crippen molar-refractivity contribution in [3.63, 3.8) is 0 Å². The van der Waals surface area contributed by atoms with E-state index >= 15 is 0 Å². The number of unbranched alkanes of at least 4 members (excludes halogenated alkanes) is 1. The molecule has 1 rings (SSSR count). The summed E-state index contributed by atoms with van der Waals surface area (Å²) >= 11 is 0. The summed E-state index contributed by atoms with van der Waals surface area (Å²) in [6.45, 7) is 4.62. The fraction of sp³-hybridized carbons (Fsp3) is 0.600. The molecule has 0 saturated heterocycles. The van der Waals surface area contributed by atoms with Crippen LogP contribution in [0.3, 0.4) is 0 Å². The van der Waals surface area contributed by atoms with Crippen LogP contribution in [0.2, 0.25) is 0 Å². The van der Waals surface area contributed by atoms with E-state index in [2.05, 4.69) is 18.6 Å². The van der Waals surface area contributed by atoms with E-state index < -0.39 is 15.8 Å². The molecule has 0 bridgehead atoms. The van der Waals surface area contributed by atoms with Gasteiger partial charge in [-0.25, -0.2) is 17.5 Å². The Bertz CT molecular complexity index is 502. The summed E-state index contributed by atoms with van der Waals surface area (Å²) in [4.78, 5) is 0. The lowest BCUT2D eigenvalue weighted by Gasteiger charge is -2.15. The second-order valence-electron chi connectivity index (χ2n) is 5.12. The highest BCUT2D eigenvalue weighted by molar-refractivity contribution is 7.88. The topological polar surface area (TPSA) is 46.2 Å². The Morgan fingerprint density at radius 3 is 2.55 bits per heavy atom. The van der Waals surface area contributed by atoms with Crippen molar-refractivity contribution in [2.75, 3.05) is 6.54 Å². The van der Waals surface area contributed by atoms with Gasteiger partial charge < -0.3 is 0 Å². The van der Waals surface area contributed by atoms with Gasteiger partial charge in [0.2, 0.25) is 10.0 Å². The average molecular weight is 301 g/mol. The summed E-state index contributed by atoms with van der Waals surface area (Å²) in [7, 11) is -3.48. The van der Waals surface area contributed by atoms with E-state index in [4.69, 9.17) is 0 Å². The standard InChI is InChI=1S/C15H24FNO2S/c1-3-5-8-13(4-2)11-17-20(18,19)12-14-9-6-7-10-15(14)16/h6-7,9-10,13,17H,3-5,8,11-12H2,1-2H3/t13-/m0/s1. The van der Waals surface area contributed by atoms with Crippen molar-refractivity contribution in [3.05, 3.63) is 35.6 Å². The van der Waals surface area contributed by atoms with Gasteiger partial charge in [0.25, 0.3) is 0 Å². The molecule has 20 heavy (non-hydrogen) atoms. The van der Waals surface area contributed by atoms with E-state index in [1.54, 1.807) is 12.1 Å². The number of hydrogen-bond acceptors (Lipinski definition) is 2. The summed E-state index contributed by atoms with van der Waals surface area (Å²) in [6, 6.07) is 5.98. The molecular weight excluding hydrogens is 277 g/mol. The largest absolute Gasteiger partial charge is 0.215 e. The van der Waals surface area contributed by atoms with Crippen LogP contribution in [0.1, 0.15) is 45.1 Å². The van der Waals surface area contributed by atoms with Crippen molar-refractivity contribution < 1.29 is 12.8 Å². The molecule has 0 aromatic heterocycles. The lowest BCUT2D eigenvalue weighted by molar-refractivity contribution is 0.443. The molecule has 0 saturated carbocycles. The fourth-order valence-corrected chi connectivity index (χ4v) is 3.29. The van der Waals surface area contributed by atoms with E-state index in [1.165, 1.54) is 12.1 Å². The van der Waals surface area contributed by atoms with Gasteiger partial charge in [-0.3, -0.25) is 0 Å². The lowest BCUT2D eigenvalue weighted by Crippen LogP contribution is -2.30. The van der Waals surface area contributed by atoms with Crippen LogP contribution in [-0.2, 0) is 15.8 Å². The number of rotatable bonds is 9. The van der Waals surface area contributed by atoms with Crippen molar-refractivity contribution in [1.82, 2.24) is 4.72 Å². The maximum atomic E-state index is 13.5. The first-order chi connectivity index (χ1) is 9.48. The zero-order chi connectivity index (χ0) is 15.0. The minimum absolute atomic E-state index is 0.210. The molecule has 0 fully saturated rings. The zero-order valence-electron chi connectivity index (χ0n) is 12.2. The molecule has 1 N–H and O–H groups in total. The summed E-state index contributed by atoms with van der Waals surface area (Å²) in [5.41, 5.74) is 0.210. The number of benzene rings is 1. The van der Waals surface area contributed by atoms with E-state index in [1.807, 2.05) is 0 Å². The van der Waals surface area contributed by atoms with Gasteiger partial charge in [-0.05, 0) is 18.4 Å². The highest BCUT2D eigenvalue weighted by Crippen LogP contribution is 2.13. The smallest absolute Gasteiger partial charge is 0.215 e. The first-order valence-electron chi connectivity index (χ1n) is 7.19. The maximum absolute atomic E-state index is 13.5. The quantitative estimate of drug-likeness (QED) is 0.759. The van der Waals surface area contributed by atoms with Gasteiger partial charge in [-0.2, -0.15) is 0 Å². The van der Waals surface area contributed by atoms with Crippen molar-refractivity contribution >= 4 is 10.0 Å². The van der Waals surface area contributed by atoms with Crippen LogP contribution in [0.25, 0.3) is 0 Å². The molecule has 1 aromatic carbocycles. The second kappa shape index (κ2) is 8.37. The van der Waals surface area contributed by atoms with E-state index in [0.717, 1.165) is 25.7 Å². The van der Waals surface area contributed by atoms with Gasteiger partial charge in [0.05, 0.1) is 5.75 Å². The normalized spacial score (nSPS) is 13.3. The lowest BCUT2D eigenvalue weighted by atomic mass is 10.00. The SMILES string of the molecule is CCCC[C@H](CC)CNS(=O)(=O)Cc1ccccc1F. The van der Waals surface area contributed by atoms with Crippen LogP contribution in [0.15, 0.2) is 24.3 Å². The van der Waals surface area contributed by atoms with Gasteiger partial charge >= 0.3 is 0 Å². The molecular formula is C15H24FNO2S. The molecule has 0 heterocycles. The third kappa shape index (κ3) is 6.01. The number of nitrogens with one attached hydrogen (secondary N) is 1. The Hall–Kier alpha value is -0.940. The maximum Gasteiger partial charge on any atom is 0.215 e. The molecule has 0 aliphatic carbocycles. The first-order valence-corrected chi connectivity index (χ1v) is 8.84. The Labute approximate surface area is 121 Å². The van der Waals surface area contributed by atoms with Gasteiger partial charge in [-0.15, -0.1) is 0 Å². The van der Waals surface area contributed by atoms with Gasteiger partial charge in [-0.1, -0.05) is 51.3 Å². The number of sulfonamides is 1. The van der Waals surface area contributed by atoms with Crippen molar-refractivity contribution in [1.29, 1.82) is 0 Å². The zero-order valence-corrected chi connectivity index (χ0v) is 13.0. The molecule has 0 aliphatic heterocycles. The minimum Gasteiger partial charge on any atom is -0.215 e. The number of halogens is 1. The van der Waals surface area contributed by atoms with E-state index in [0.29, 0.717) is 12.5 Å². The molecule has 0 amide bonds. The number of hydrogen-bond donors (Lipinski definition) is 1. The molecule has 0 aliphatic rings. The summed E-state index contributed by atoms with van der Waals surface area (Å²) in [5.74, 6) is -0.426. The molecule has 114 valence electrons. The molecule has 5 heteroatoms. The van der Waals surface area contributed by atoms with Crippen LogP contribution in [0, 0.1) is 11.7 Å². The molecule has 0 spiro atoms. The van der Waals surface area contributed by atoms with Gasteiger partial charge in [0.15, 0.2) is 0 Å². The Kier molecular flexibility index (Phi) is 7.16. The highest BCUT2D eigenvalue weighted by atomic mass is 32.2. The molecule has 1 atom stereocenters. The third-order valence-corrected chi connectivity index (χ3v) is 4.74. The summed E-state index contributed by atoms with van der Waals surface area (Å²) < 4.78 is 40.0. The third-order valence-electron chi connectivity index (χ3n) is 3.44. The Morgan fingerprint density at radius 2 is 1.95 bits per heavy atom. The van der Waals surface area contributed by atoms with Crippen molar-refractivity contribution in [2.24, 2.45) is 5.92 Å². The van der Waals surface area contributed by atoms with Crippen molar-refractivity contribution in [2.45, 2.75) is 45.3 Å². The highest BCUT2D eigenvalue weighted by Gasteiger charge is 2.16. The summed E-state index contributed by atoms with van der Waals surface area (Å²) in [6.07, 6.45) is 4.18. The fourth-order valence-electron chi connectivity index (χ4n) is 2.06.